The molecule has 3 heterocycles. The van der Waals surface area contributed by atoms with Gasteiger partial charge in [0.25, 0.3) is 0 Å². The van der Waals surface area contributed by atoms with E-state index in [0.717, 1.165) is 30.5 Å². The van der Waals surface area contributed by atoms with Crippen LogP contribution in [0.15, 0.2) is 41.5 Å². The standard InChI is InChI=1S/C21H22N6O3/c1-27(12-18(29)24-13-6-7-19(30-2)23-11-13)21-15-4-3-5-16(15)25-20(26-21)17-10-14(28)8-9-22-17/h6-11H,3-5,12H2,1-2H3,(H,22,28)(H,24,29). The number of fused-ring (bicyclic) bond motifs is 1. The van der Waals surface area contributed by atoms with Gasteiger partial charge in [-0.3, -0.25) is 9.59 Å². The molecule has 0 radical (unpaired) electrons. The highest BCUT2D eigenvalue weighted by atomic mass is 16.5. The number of carbonyl (C=O) groups excluding carboxylic acids is 1. The number of aryl methyl sites for hydroxylation is 1. The first-order valence-electron chi connectivity index (χ1n) is 9.63. The lowest BCUT2D eigenvalue weighted by Crippen LogP contribution is -2.31. The molecule has 9 heteroatoms. The van der Waals surface area contributed by atoms with Crippen LogP contribution in [0.3, 0.4) is 0 Å². The first-order chi connectivity index (χ1) is 14.5. The van der Waals surface area contributed by atoms with E-state index in [2.05, 4.69) is 25.3 Å². The van der Waals surface area contributed by atoms with Crippen molar-refractivity contribution in [3.63, 3.8) is 0 Å². The average Bonchev–Trinajstić information content (AvgIpc) is 3.22. The molecule has 0 saturated carbocycles. The minimum absolute atomic E-state index is 0.111. The fourth-order valence-corrected chi connectivity index (χ4v) is 3.49. The lowest BCUT2D eigenvalue weighted by atomic mass is 10.2. The molecule has 2 N–H and O–H groups in total. The van der Waals surface area contributed by atoms with Gasteiger partial charge in [-0.15, -0.1) is 0 Å². The number of aromatic amines is 1. The number of ether oxygens (including phenoxy) is 1. The largest absolute Gasteiger partial charge is 0.481 e. The molecule has 0 unspecified atom stereocenters. The number of rotatable bonds is 6. The van der Waals surface area contributed by atoms with Crippen molar-refractivity contribution in [2.24, 2.45) is 0 Å². The maximum absolute atomic E-state index is 12.5. The van der Waals surface area contributed by atoms with Gasteiger partial charge in [0.05, 0.1) is 31.2 Å². The van der Waals surface area contributed by atoms with Crippen LogP contribution in [0.1, 0.15) is 17.7 Å². The Balaban J connectivity index is 1.56. The molecule has 9 nitrogen and oxygen atoms in total. The molecule has 30 heavy (non-hydrogen) atoms. The Morgan fingerprint density at radius 3 is 2.87 bits per heavy atom. The van der Waals surface area contributed by atoms with Gasteiger partial charge in [0.1, 0.15) is 5.82 Å². The number of methoxy groups -OCH3 is 1. The monoisotopic (exact) mass is 406 g/mol. The van der Waals surface area contributed by atoms with Crippen molar-refractivity contribution in [3.8, 4) is 17.4 Å². The topological polar surface area (TPSA) is 113 Å². The Morgan fingerprint density at radius 1 is 1.27 bits per heavy atom. The van der Waals surface area contributed by atoms with E-state index in [9.17, 15) is 9.59 Å². The van der Waals surface area contributed by atoms with Crippen LogP contribution >= 0.6 is 0 Å². The van der Waals surface area contributed by atoms with Gasteiger partial charge < -0.3 is 19.9 Å². The number of carbonyl (C=O) groups is 1. The van der Waals surface area contributed by atoms with E-state index in [1.807, 2.05) is 11.9 Å². The normalized spacial score (nSPS) is 12.3. The highest BCUT2D eigenvalue weighted by Crippen LogP contribution is 2.30. The van der Waals surface area contributed by atoms with Crippen LogP contribution in [0.2, 0.25) is 0 Å². The molecular formula is C21H22N6O3. The Hall–Kier alpha value is -3.75. The smallest absolute Gasteiger partial charge is 0.243 e. The summed E-state index contributed by atoms with van der Waals surface area (Å²) in [5.41, 5.74) is 3.05. The molecule has 3 aromatic rings. The van der Waals surface area contributed by atoms with Crippen LogP contribution < -0.4 is 20.4 Å². The third kappa shape index (κ3) is 4.14. The molecule has 0 aromatic carbocycles. The highest BCUT2D eigenvalue weighted by Gasteiger charge is 2.23. The molecule has 4 rings (SSSR count). The minimum Gasteiger partial charge on any atom is -0.481 e. The second-order valence-corrected chi connectivity index (χ2v) is 7.08. The number of anilines is 2. The number of nitrogens with zero attached hydrogens (tertiary/aromatic N) is 4. The van der Waals surface area contributed by atoms with Gasteiger partial charge in [-0.25, -0.2) is 15.0 Å². The van der Waals surface area contributed by atoms with Crippen molar-refractivity contribution in [3.05, 3.63) is 58.1 Å². The van der Waals surface area contributed by atoms with E-state index < -0.39 is 0 Å². The van der Waals surface area contributed by atoms with Crippen LogP contribution in [-0.2, 0) is 17.6 Å². The van der Waals surface area contributed by atoms with Gasteiger partial charge in [0.2, 0.25) is 11.8 Å². The number of hydrogen-bond acceptors (Lipinski definition) is 7. The van der Waals surface area contributed by atoms with Gasteiger partial charge in [-0.1, -0.05) is 0 Å². The first kappa shape index (κ1) is 19.6. The van der Waals surface area contributed by atoms with Crippen LogP contribution in [0.4, 0.5) is 11.5 Å². The van der Waals surface area contributed by atoms with Crippen molar-refractivity contribution in [2.45, 2.75) is 19.3 Å². The molecule has 1 aliphatic rings. The zero-order chi connectivity index (χ0) is 21.1. The molecule has 0 spiro atoms. The van der Waals surface area contributed by atoms with Crippen LogP contribution in [0.25, 0.3) is 11.5 Å². The Bertz CT molecular complexity index is 1130. The summed E-state index contributed by atoms with van der Waals surface area (Å²) < 4.78 is 5.03. The number of likely N-dealkylation sites (N-methyl/N-ethyl adjacent to an activating group) is 1. The summed E-state index contributed by atoms with van der Waals surface area (Å²) in [6.45, 7) is 0.111. The van der Waals surface area contributed by atoms with Crippen molar-refractivity contribution in [2.75, 3.05) is 30.9 Å². The van der Waals surface area contributed by atoms with Gasteiger partial charge in [0.15, 0.2) is 11.3 Å². The summed E-state index contributed by atoms with van der Waals surface area (Å²) in [5.74, 6) is 1.45. The Labute approximate surface area is 173 Å². The lowest BCUT2D eigenvalue weighted by Gasteiger charge is -2.21. The fourth-order valence-electron chi connectivity index (χ4n) is 3.49. The van der Waals surface area contributed by atoms with Crippen molar-refractivity contribution >= 4 is 17.4 Å². The summed E-state index contributed by atoms with van der Waals surface area (Å²) in [6, 6.07) is 6.34. The molecule has 154 valence electrons. The maximum Gasteiger partial charge on any atom is 0.243 e. The first-order valence-corrected chi connectivity index (χ1v) is 9.63. The number of pyridine rings is 2. The zero-order valence-electron chi connectivity index (χ0n) is 16.8. The fraction of sp³-hybridized carbons (Fsp3) is 0.286. The summed E-state index contributed by atoms with van der Waals surface area (Å²) in [7, 11) is 3.36. The van der Waals surface area contributed by atoms with Gasteiger partial charge in [-0.2, -0.15) is 0 Å². The molecule has 1 aliphatic carbocycles. The minimum atomic E-state index is -0.190. The van der Waals surface area contributed by atoms with E-state index in [0.29, 0.717) is 28.9 Å². The Kier molecular flexibility index (Phi) is 5.42. The second-order valence-electron chi connectivity index (χ2n) is 7.08. The highest BCUT2D eigenvalue weighted by molar-refractivity contribution is 5.93. The summed E-state index contributed by atoms with van der Waals surface area (Å²) in [6.07, 6.45) is 5.83. The van der Waals surface area contributed by atoms with Crippen LogP contribution in [-0.4, -0.2) is 46.5 Å². The van der Waals surface area contributed by atoms with Gasteiger partial charge >= 0.3 is 0 Å². The molecule has 0 bridgehead atoms. The molecule has 0 atom stereocenters. The van der Waals surface area contributed by atoms with E-state index >= 15 is 0 Å². The third-order valence-electron chi connectivity index (χ3n) is 4.90. The molecule has 0 aliphatic heterocycles. The molecule has 3 aromatic heterocycles. The van der Waals surface area contributed by atoms with E-state index in [4.69, 9.17) is 4.74 Å². The number of amides is 1. The lowest BCUT2D eigenvalue weighted by molar-refractivity contribution is -0.114. The average molecular weight is 406 g/mol. The van der Waals surface area contributed by atoms with Crippen LogP contribution in [0, 0.1) is 0 Å². The summed E-state index contributed by atoms with van der Waals surface area (Å²) in [5, 5.41) is 2.83. The Morgan fingerprint density at radius 2 is 2.13 bits per heavy atom. The van der Waals surface area contributed by atoms with E-state index in [1.54, 1.807) is 24.5 Å². The molecule has 0 saturated heterocycles. The van der Waals surface area contributed by atoms with E-state index in [-0.39, 0.29) is 17.9 Å². The molecular weight excluding hydrogens is 384 g/mol. The van der Waals surface area contributed by atoms with Crippen molar-refractivity contribution in [1.82, 2.24) is 19.9 Å². The number of hydrogen-bond donors (Lipinski definition) is 2. The summed E-state index contributed by atoms with van der Waals surface area (Å²) >= 11 is 0. The molecule has 0 fully saturated rings. The zero-order valence-corrected chi connectivity index (χ0v) is 16.8. The van der Waals surface area contributed by atoms with Crippen LogP contribution in [0.5, 0.6) is 5.88 Å². The summed E-state index contributed by atoms with van der Waals surface area (Å²) in [4.78, 5) is 42.5. The second kappa shape index (κ2) is 8.32. The van der Waals surface area contributed by atoms with Gasteiger partial charge in [-0.05, 0) is 25.3 Å². The SMILES string of the molecule is COc1ccc(NC(=O)CN(C)c2nc(-c3cc(=O)cc[nH]3)nc3c2CCC3)cn1. The van der Waals surface area contributed by atoms with Crippen molar-refractivity contribution < 1.29 is 9.53 Å². The number of nitrogens with one attached hydrogen (secondary N) is 2. The number of aromatic nitrogens is 4. The number of H-pyrrole nitrogens is 1. The predicted molar refractivity (Wildman–Crippen MR) is 113 cm³/mol. The van der Waals surface area contributed by atoms with Gasteiger partial charge in [0, 0.05) is 42.7 Å². The molecule has 1 amide bonds. The quantitative estimate of drug-likeness (QED) is 0.642. The van der Waals surface area contributed by atoms with Crippen molar-refractivity contribution in [1.29, 1.82) is 0 Å². The predicted octanol–water partition coefficient (Wildman–Crippen LogP) is 1.80. The third-order valence-corrected chi connectivity index (χ3v) is 4.90. The maximum atomic E-state index is 12.5. The van der Waals surface area contributed by atoms with E-state index in [1.165, 1.54) is 19.2 Å².